The van der Waals surface area contributed by atoms with Crippen LogP contribution in [0.2, 0.25) is 0 Å². The van der Waals surface area contributed by atoms with Gasteiger partial charge in [0.2, 0.25) is 0 Å². The molecule has 0 aliphatic heterocycles. The van der Waals surface area contributed by atoms with Crippen molar-refractivity contribution in [2.24, 2.45) is 0 Å². The Bertz CT molecular complexity index is 333. The third-order valence-corrected chi connectivity index (χ3v) is 2.09. The Balaban J connectivity index is 4.48. The van der Waals surface area contributed by atoms with Crippen molar-refractivity contribution in [1.82, 2.24) is 5.32 Å². The van der Waals surface area contributed by atoms with E-state index in [0.29, 0.717) is 6.54 Å². The van der Waals surface area contributed by atoms with Crippen molar-refractivity contribution in [1.29, 1.82) is 0 Å². The standard InChI is InChI=1S/C14H21NO/c1-5-9-13(8-4)15-11-12(7-3)14(16)10-6-2/h5-10,15-16H,2,11H2,1,3-4H3/b9-5-,12-7-,13-8+,14-10+. The topological polar surface area (TPSA) is 32.3 Å². The lowest BCUT2D eigenvalue weighted by Crippen LogP contribution is -2.16. The van der Waals surface area contributed by atoms with Gasteiger partial charge in [-0.15, -0.1) is 0 Å². The molecule has 2 heteroatoms. The molecule has 0 aromatic carbocycles. The van der Waals surface area contributed by atoms with Crippen molar-refractivity contribution in [3.05, 3.63) is 60.1 Å². The second-order valence-corrected chi connectivity index (χ2v) is 3.20. The summed E-state index contributed by atoms with van der Waals surface area (Å²) in [7, 11) is 0. The fourth-order valence-corrected chi connectivity index (χ4v) is 1.19. The molecule has 0 aliphatic carbocycles. The first-order valence-corrected chi connectivity index (χ1v) is 5.39. The van der Waals surface area contributed by atoms with Gasteiger partial charge in [-0.3, -0.25) is 0 Å². The predicted octanol–water partition coefficient (Wildman–Crippen LogP) is 3.63. The molecule has 0 aromatic rings. The van der Waals surface area contributed by atoms with Crippen molar-refractivity contribution >= 4 is 0 Å². The molecule has 0 aliphatic rings. The first kappa shape index (κ1) is 14.3. The van der Waals surface area contributed by atoms with Crippen LogP contribution in [0.5, 0.6) is 0 Å². The van der Waals surface area contributed by atoms with Crippen LogP contribution in [0.3, 0.4) is 0 Å². The summed E-state index contributed by atoms with van der Waals surface area (Å²) in [6, 6.07) is 0. The molecule has 0 unspecified atom stereocenters. The Hall–Kier alpha value is -1.70. The van der Waals surface area contributed by atoms with Gasteiger partial charge in [-0.1, -0.05) is 30.9 Å². The molecule has 0 saturated carbocycles. The highest BCUT2D eigenvalue weighted by Gasteiger charge is 2.00. The van der Waals surface area contributed by atoms with Gasteiger partial charge in [0, 0.05) is 17.8 Å². The van der Waals surface area contributed by atoms with Crippen LogP contribution in [0.1, 0.15) is 20.8 Å². The van der Waals surface area contributed by atoms with Gasteiger partial charge in [0.25, 0.3) is 0 Å². The van der Waals surface area contributed by atoms with Gasteiger partial charge in [-0.2, -0.15) is 0 Å². The van der Waals surface area contributed by atoms with Crippen molar-refractivity contribution in [3.8, 4) is 0 Å². The number of rotatable bonds is 6. The Morgan fingerprint density at radius 3 is 2.38 bits per heavy atom. The normalized spacial score (nSPS) is 14.3. The highest BCUT2D eigenvalue weighted by molar-refractivity contribution is 5.30. The minimum atomic E-state index is 0.251. The lowest BCUT2D eigenvalue weighted by molar-refractivity contribution is 0.420. The van der Waals surface area contributed by atoms with Gasteiger partial charge in [-0.05, 0) is 32.9 Å². The molecule has 0 heterocycles. The summed E-state index contributed by atoms with van der Waals surface area (Å²) < 4.78 is 0. The molecule has 0 rings (SSSR count). The average Bonchev–Trinajstić information content (AvgIpc) is 2.28. The zero-order valence-corrected chi connectivity index (χ0v) is 10.3. The summed E-state index contributed by atoms with van der Waals surface area (Å²) in [6.07, 6.45) is 11.0. The highest BCUT2D eigenvalue weighted by Crippen LogP contribution is 2.06. The van der Waals surface area contributed by atoms with Gasteiger partial charge < -0.3 is 10.4 Å². The number of allylic oxidation sites excluding steroid dienone is 6. The maximum atomic E-state index is 9.67. The minimum absolute atomic E-state index is 0.251. The fraction of sp³-hybridized carbons (Fsp3) is 0.286. The molecule has 0 bridgehead atoms. The molecule has 16 heavy (non-hydrogen) atoms. The van der Waals surface area contributed by atoms with Gasteiger partial charge in [-0.25, -0.2) is 0 Å². The van der Waals surface area contributed by atoms with E-state index in [-0.39, 0.29) is 5.76 Å². The first-order chi connectivity index (χ1) is 7.69. The summed E-state index contributed by atoms with van der Waals surface area (Å²) >= 11 is 0. The second kappa shape index (κ2) is 8.60. The number of aliphatic hydroxyl groups is 1. The van der Waals surface area contributed by atoms with E-state index < -0.39 is 0 Å². The van der Waals surface area contributed by atoms with Gasteiger partial charge in [0.05, 0.1) is 0 Å². The second-order valence-electron chi connectivity index (χ2n) is 3.20. The predicted molar refractivity (Wildman–Crippen MR) is 71.2 cm³/mol. The van der Waals surface area contributed by atoms with Crippen molar-refractivity contribution in [3.63, 3.8) is 0 Å². The molecular formula is C14H21NO. The van der Waals surface area contributed by atoms with Crippen LogP contribution in [-0.4, -0.2) is 11.7 Å². The van der Waals surface area contributed by atoms with Crippen molar-refractivity contribution in [2.45, 2.75) is 20.8 Å². The van der Waals surface area contributed by atoms with Crippen LogP contribution < -0.4 is 5.32 Å². The summed E-state index contributed by atoms with van der Waals surface area (Å²) in [6.45, 7) is 9.98. The zero-order chi connectivity index (χ0) is 12.4. The van der Waals surface area contributed by atoms with Crippen LogP contribution in [-0.2, 0) is 0 Å². The number of hydrogen-bond acceptors (Lipinski definition) is 2. The minimum Gasteiger partial charge on any atom is -0.508 e. The lowest BCUT2D eigenvalue weighted by Gasteiger charge is -2.09. The Labute approximate surface area is 98.4 Å². The summed E-state index contributed by atoms with van der Waals surface area (Å²) in [5.74, 6) is 0.251. The van der Waals surface area contributed by atoms with Crippen molar-refractivity contribution < 1.29 is 5.11 Å². The number of aliphatic hydroxyl groups excluding tert-OH is 1. The van der Waals surface area contributed by atoms with E-state index in [2.05, 4.69) is 11.9 Å². The fourth-order valence-electron chi connectivity index (χ4n) is 1.19. The maximum absolute atomic E-state index is 9.67. The number of nitrogens with one attached hydrogen (secondary N) is 1. The number of hydrogen-bond donors (Lipinski definition) is 2. The zero-order valence-electron chi connectivity index (χ0n) is 10.3. The van der Waals surface area contributed by atoms with E-state index in [4.69, 9.17) is 0 Å². The molecule has 0 spiro atoms. The van der Waals surface area contributed by atoms with E-state index in [1.54, 1.807) is 12.2 Å². The van der Waals surface area contributed by atoms with E-state index in [1.165, 1.54) is 0 Å². The lowest BCUT2D eigenvalue weighted by atomic mass is 10.2. The molecule has 0 fully saturated rings. The molecule has 0 saturated heterocycles. The summed E-state index contributed by atoms with van der Waals surface area (Å²) in [4.78, 5) is 0. The third kappa shape index (κ3) is 5.25. The summed E-state index contributed by atoms with van der Waals surface area (Å²) in [5, 5.41) is 12.9. The molecule has 2 nitrogen and oxygen atoms in total. The monoisotopic (exact) mass is 219 g/mol. The van der Waals surface area contributed by atoms with E-state index in [1.807, 2.05) is 45.1 Å². The SMILES string of the molecule is C=C/C=C(O)\C(=C/C)CNC(/C=C\C)=C/C. The van der Waals surface area contributed by atoms with Crippen LogP contribution in [0.4, 0.5) is 0 Å². The third-order valence-electron chi connectivity index (χ3n) is 2.09. The van der Waals surface area contributed by atoms with Crippen LogP contribution in [0, 0.1) is 0 Å². The average molecular weight is 219 g/mol. The molecule has 0 amide bonds. The Kier molecular flexibility index (Phi) is 7.68. The Morgan fingerprint density at radius 2 is 1.94 bits per heavy atom. The maximum Gasteiger partial charge on any atom is 0.120 e. The van der Waals surface area contributed by atoms with E-state index in [9.17, 15) is 5.11 Å². The van der Waals surface area contributed by atoms with Gasteiger partial charge in [0.1, 0.15) is 5.76 Å². The van der Waals surface area contributed by atoms with Crippen LogP contribution in [0.15, 0.2) is 60.1 Å². The molecule has 88 valence electrons. The molecule has 0 radical (unpaired) electrons. The smallest absolute Gasteiger partial charge is 0.120 e. The summed E-state index contributed by atoms with van der Waals surface area (Å²) in [5.41, 5.74) is 1.89. The molecular weight excluding hydrogens is 198 g/mol. The van der Waals surface area contributed by atoms with E-state index >= 15 is 0 Å². The largest absolute Gasteiger partial charge is 0.508 e. The quantitative estimate of drug-likeness (QED) is 0.528. The first-order valence-electron chi connectivity index (χ1n) is 5.39. The highest BCUT2D eigenvalue weighted by atomic mass is 16.3. The van der Waals surface area contributed by atoms with Gasteiger partial charge >= 0.3 is 0 Å². The van der Waals surface area contributed by atoms with Crippen LogP contribution in [0.25, 0.3) is 0 Å². The Morgan fingerprint density at radius 1 is 1.25 bits per heavy atom. The molecule has 0 aromatic heterocycles. The van der Waals surface area contributed by atoms with Gasteiger partial charge in [0.15, 0.2) is 0 Å². The van der Waals surface area contributed by atoms with E-state index in [0.717, 1.165) is 11.3 Å². The van der Waals surface area contributed by atoms with Crippen LogP contribution >= 0.6 is 0 Å². The van der Waals surface area contributed by atoms with Crippen molar-refractivity contribution in [2.75, 3.05) is 6.54 Å². The molecule has 0 atom stereocenters. The molecule has 2 N–H and O–H groups in total.